The molecule has 1 amide bonds. The molecule has 1 aliphatic rings. The Labute approximate surface area is 172 Å². The number of amides is 1. The van der Waals surface area contributed by atoms with Crippen LogP contribution in [0.2, 0.25) is 0 Å². The quantitative estimate of drug-likeness (QED) is 0.402. The molecule has 0 saturated carbocycles. The Morgan fingerprint density at radius 1 is 1.36 bits per heavy atom. The molecular weight excluding hydrogens is 374 g/mol. The highest BCUT2D eigenvalue weighted by molar-refractivity contribution is 7.10. The summed E-state index contributed by atoms with van der Waals surface area (Å²) in [4.78, 5) is 26.1. The first-order valence-electron chi connectivity index (χ1n) is 10.4. The van der Waals surface area contributed by atoms with Crippen LogP contribution in [0.4, 0.5) is 0 Å². The van der Waals surface area contributed by atoms with Gasteiger partial charge in [-0.1, -0.05) is 31.9 Å². The van der Waals surface area contributed by atoms with Crippen molar-refractivity contribution >= 4 is 23.2 Å². The van der Waals surface area contributed by atoms with Gasteiger partial charge in [-0.3, -0.25) is 9.59 Å². The number of carbonyl (C=O) groups excluding carboxylic acids is 1. The molecule has 0 spiro atoms. The van der Waals surface area contributed by atoms with Crippen molar-refractivity contribution in [3.63, 3.8) is 0 Å². The molecule has 1 aliphatic heterocycles. The molecule has 28 heavy (non-hydrogen) atoms. The Bertz CT molecular complexity index is 655. The molecule has 2 N–H and O–H groups in total. The van der Waals surface area contributed by atoms with E-state index in [4.69, 9.17) is 5.11 Å². The van der Waals surface area contributed by atoms with Crippen LogP contribution < -0.4 is 0 Å². The van der Waals surface area contributed by atoms with Crippen LogP contribution in [0, 0.1) is 0 Å². The predicted octanol–water partition coefficient (Wildman–Crippen LogP) is 4.19. The number of aliphatic hydroxyl groups is 1. The molecule has 1 unspecified atom stereocenters. The minimum absolute atomic E-state index is 0.0592. The van der Waals surface area contributed by atoms with E-state index >= 15 is 0 Å². The number of carbonyl (C=O) groups is 2. The maximum Gasteiger partial charge on any atom is 0.303 e. The lowest BCUT2D eigenvalue weighted by molar-refractivity contribution is -0.137. The van der Waals surface area contributed by atoms with E-state index in [1.807, 2.05) is 17.1 Å². The summed E-state index contributed by atoms with van der Waals surface area (Å²) in [5.41, 5.74) is 1.30. The summed E-state index contributed by atoms with van der Waals surface area (Å²) < 4.78 is 0. The molecule has 6 heteroatoms. The lowest BCUT2D eigenvalue weighted by atomic mass is 9.99. The highest BCUT2D eigenvalue weighted by Crippen LogP contribution is 2.22. The van der Waals surface area contributed by atoms with Gasteiger partial charge < -0.3 is 15.1 Å². The zero-order chi connectivity index (χ0) is 20.4. The molecule has 156 valence electrons. The number of aliphatic hydroxyl groups excluding tert-OH is 1. The monoisotopic (exact) mass is 407 g/mol. The molecule has 2 rings (SSSR count). The smallest absolute Gasteiger partial charge is 0.303 e. The molecule has 5 nitrogen and oxygen atoms in total. The summed E-state index contributed by atoms with van der Waals surface area (Å²) in [6.07, 6.45) is 11.0. The van der Waals surface area contributed by atoms with Gasteiger partial charge in [-0.15, -0.1) is 11.3 Å². The zero-order valence-electron chi connectivity index (χ0n) is 16.8. The lowest BCUT2D eigenvalue weighted by Gasteiger charge is -2.34. The van der Waals surface area contributed by atoms with Gasteiger partial charge in [0.25, 0.3) is 0 Å². The van der Waals surface area contributed by atoms with Crippen molar-refractivity contribution in [2.75, 3.05) is 6.54 Å². The molecule has 0 bridgehead atoms. The summed E-state index contributed by atoms with van der Waals surface area (Å²) in [7, 11) is 0. The first kappa shape index (κ1) is 22.6. The van der Waals surface area contributed by atoms with Crippen molar-refractivity contribution in [1.82, 2.24) is 4.90 Å². The Morgan fingerprint density at radius 2 is 2.14 bits per heavy atom. The van der Waals surface area contributed by atoms with Crippen molar-refractivity contribution < 1.29 is 19.8 Å². The number of hydrogen-bond acceptors (Lipinski definition) is 4. The van der Waals surface area contributed by atoms with Gasteiger partial charge in [0, 0.05) is 30.7 Å². The van der Waals surface area contributed by atoms with Crippen LogP contribution in [0.3, 0.4) is 0 Å². The largest absolute Gasteiger partial charge is 0.481 e. The second-order valence-corrected chi connectivity index (χ2v) is 8.48. The van der Waals surface area contributed by atoms with E-state index in [1.54, 1.807) is 11.3 Å². The van der Waals surface area contributed by atoms with Crippen molar-refractivity contribution in [2.24, 2.45) is 0 Å². The number of thiophene rings is 1. The van der Waals surface area contributed by atoms with E-state index in [2.05, 4.69) is 18.4 Å². The molecular formula is C22H33NO4S. The van der Waals surface area contributed by atoms with Crippen LogP contribution in [0.15, 0.2) is 23.6 Å². The number of likely N-dealkylation sites (tertiary alicyclic amines) is 1. The molecule has 1 saturated heterocycles. The SMILES string of the molecule is CCc1ccsc1CC(O)C=C[C@H]1CCCC(=O)N1CCCCCCC(=O)O. The molecule has 0 radical (unpaired) electrons. The fourth-order valence-electron chi connectivity index (χ4n) is 3.73. The number of carboxylic acid groups (broad SMARTS) is 1. The maximum atomic E-state index is 12.4. The lowest BCUT2D eigenvalue weighted by Crippen LogP contribution is -2.43. The third-order valence-electron chi connectivity index (χ3n) is 5.32. The predicted molar refractivity (Wildman–Crippen MR) is 113 cm³/mol. The highest BCUT2D eigenvalue weighted by Gasteiger charge is 2.25. The average molecular weight is 408 g/mol. The average Bonchev–Trinajstić information content (AvgIpc) is 3.11. The molecule has 2 heterocycles. The van der Waals surface area contributed by atoms with Gasteiger partial charge in [0.15, 0.2) is 0 Å². The number of unbranched alkanes of at least 4 members (excludes halogenated alkanes) is 3. The second-order valence-electron chi connectivity index (χ2n) is 7.48. The van der Waals surface area contributed by atoms with Gasteiger partial charge in [-0.25, -0.2) is 0 Å². The number of hydrogen-bond donors (Lipinski definition) is 2. The van der Waals surface area contributed by atoms with Crippen molar-refractivity contribution in [3.8, 4) is 0 Å². The Balaban J connectivity index is 1.82. The Morgan fingerprint density at radius 3 is 2.89 bits per heavy atom. The van der Waals surface area contributed by atoms with Gasteiger partial charge in [0.05, 0.1) is 12.1 Å². The Kier molecular flexibility index (Phi) is 9.71. The minimum atomic E-state index is -0.747. The van der Waals surface area contributed by atoms with E-state index in [1.165, 1.54) is 10.4 Å². The van der Waals surface area contributed by atoms with Gasteiger partial charge in [0.2, 0.25) is 5.91 Å². The summed E-state index contributed by atoms with van der Waals surface area (Å²) in [5, 5.41) is 21.2. The third kappa shape index (κ3) is 7.40. The third-order valence-corrected chi connectivity index (χ3v) is 6.30. The maximum absolute atomic E-state index is 12.4. The van der Waals surface area contributed by atoms with Crippen LogP contribution in [0.1, 0.15) is 68.7 Å². The van der Waals surface area contributed by atoms with E-state index in [-0.39, 0.29) is 18.4 Å². The van der Waals surface area contributed by atoms with Gasteiger partial charge in [-0.2, -0.15) is 0 Å². The minimum Gasteiger partial charge on any atom is -0.481 e. The normalized spacial score (nSPS) is 18.7. The van der Waals surface area contributed by atoms with Crippen molar-refractivity contribution in [1.29, 1.82) is 0 Å². The molecule has 0 aromatic carbocycles. The standard InChI is InChI=1S/C22H33NO4S/c1-2-17-13-15-28-20(17)16-19(24)12-11-18-8-7-9-21(25)23(18)14-6-4-3-5-10-22(26)27/h11-13,15,18-19,24H,2-10,14,16H2,1H3,(H,26,27)/t18-,19?/m1/s1. The molecule has 2 atom stereocenters. The summed E-state index contributed by atoms with van der Waals surface area (Å²) in [6.45, 7) is 2.84. The summed E-state index contributed by atoms with van der Waals surface area (Å²) in [5.74, 6) is -0.559. The van der Waals surface area contributed by atoms with Crippen molar-refractivity contribution in [3.05, 3.63) is 34.0 Å². The number of nitrogens with zero attached hydrogens (tertiary/aromatic N) is 1. The number of rotatable bonds is 12. The molecule has 1 aromatic rings. The van der Waals surface area contributed by atoms with E-state index in [9.17, 15) is 14.7 Å². The summed E-state index contributed by atoms with van der Waals surface area (Å²) in [6, 6.07) is 2.18. The van der Waals surface area contributed by atoms with Crippen LogP contribution in [0.5, 0.6) is 0 Å². The first-order chi connectivity index (χ1) is 13.5. The van der Waals surface area contributed by atoms with Crippen molar-refractivity contribution in [2.45, 2.75) is 83.3 Å². The van der Waals surface area contributed by atoms with Crippen LogP contribution in [-0.4, -0.2) is 45.7 Å². The van der Waals surface area contributed by atoms with Gasteiger partial charge >= 0.3 is 5.97 Å². The van der Waals surface area contributed by atoms with E-state index in [0.717, 1.165) is 38.5 Å². The summed E-state index contributed by atoms with van der Waals surface area (Å²) >= 11 is 1.69. The molecule has 0 aliphatic carbocycles. The first-order valence-corrected chi connectivity index (χ1v) is 11.3. The number of carboxylic acids is 1. The molecule has 1 aromatic heterocycles. The second kappa shape index (κ2) is 12.0. The zero-order valence-corrected chi connectivity index (χ0v) is 17.6. The number of piperidine rings is 1. The van der Waals surface area contributed by atoms with Gasteiger partial charge in [0.1, 0.15) is 0 Å². The highest BCUT2D eigenvalue weighted by atomic mass is 32.1. The van der Waals surface area contributed by atoms with Crippen LogP contribution in [-0.2, 0) is 22.4 Å². The van der Waals surface area contributed by atoms with Crippen LogP contribution in [0.25, 0.3) is 0 Å². The Hall–Kier alpha value is -1.66. The number of aliphatic carboxylic acids is 1. The molecule has 1 fully saturated rings. The van der Waals surface area contributed by atoms with E-state index in [0.29, 0.717) is 25.8 Å². The number of aryl methyl sites for hydroxylation is 1. The van der Waals surface area contributed by atoms with Crippen LogP contribution >= 0.6 is 11.3 Å². The van der Waals surface area contributed by atoms with E-state index < -0.39 is 12.1 Å². The fraction of sp³-hybridized carbons (Fsp3) is 0.636. The topological polar surface area (TPSA) is 77.8 Å². The van der Waals surface area contributed by atoms with Gasteiger partial charge in [-0.05, 0) is 49.1 Å². The fourth-order valence-corrected chi connectivity index (χ4v) is 4.75.